The van der Waals surface area contributed by atoms with Crippen LogP contribution < -0.4 is 10.6 Å². The predicted molar refractivity (Wildman–Crippen MR) is 101 cm³/mol. The lowest BCUT2D eigenvalue weighted by atomic mass is 9.95. The van der Waals surface area contributed by atoms with E-state index in [0.717, 1.165) is 16.9 Å². The molecule has 4 atom stereocenters. The lowest BCUT2D eigenvalue weighted by Gasteiger charge is -2.27. The number of nitrogens with one attached hydrogen (secondary N) is 2. The standard InChI is InChI=1S/C20H23N3S/c24-20(22-18-13-14-6-7-17(18)12-14)23-19(15-4-2-1-3-5-15)16-8-10-21-11-9-16/h1-5,8-11,14,17-19H,6-7,12-13H2,(H2,22,23,24)/t14-,17-,18-,19+/m0/s1. The first kappa shape index (κ1) is 15.6. The number of benzene rings is 1. The molecule has 2 aliphatic rings. The summed E-state index contributed by atoms with van der Waals surface area (Å²) in [5.41, 5.74) is 2.38. The van der Waals surface area contributed by atoms with Crippen LogP contribution in [0.25, 0.3) is 0 Å². The first-order chi connectivity index (χ1) is 11.8. The van der Waals surface area contributed by atoms with E-state index >= 15 is 0 Å². The lowest BCUT2D eigenvalue weighted by molar-refractivity contribution is 0.388. The molecule has 1 aromatic heterocycles. The smallest absolute Gasteiger partial charge is 0.167 e. The molecule has 2 aliphatic carbocycles. The highest BCUT2D eigenvalue weighted by atomic mass is 32.1. The average Bonchev–Trinajstić information content (AvgIpc) is 3.24. The molecule has 0 radical (unpaired) electrons. The summed E-state index contributed by atoms with van der Waals surface area (Å²) in [5.74, 6) is 1.73. The van der Waals surface area contributed by atoms with Gasteiger partial charge in [-0.2, -0.15) is 0 Å². The van der Waals surface area contributed by atoms with Crippen LogP contribution >= 0.6 is 12.2 Å². The summed E-state index contributed by atoms with van der Waals surface area (Å²) >= 11 is 5.64. The number of nitrogens with zero attached hydrogens (tertiary/aromatic N) is 1. The molecule has 0 aliphatic heterocycles. The second-order valence-electron chi connectivity index (χ2n) is 7.02. The second kappa shape index (κ2) is 6.89. The second-order valence-corrected chi connectivity index (χ2v) is 7.43. The van der Waals surface area contributed by atoms with Gasteiger partial charge in [-0.1, -0.05) is 36.8 Å². The molecule has 124 valence electrons. The van der Waals surface area contributed by atoms with E-state index in [4.69, 9.17) is 12.2 Å². The molecule has 1 heterocycles. The molecule has 1 aromatic carbocycles. The average molecular weight is 337 g/mol. The molecule has 2 saturated carbocycles. The van der Waals surface area contributed by atoms with Crippen LogP contribution in [-0.4, -0.2) is 16.1 Å². The topological polar surface area (TPSA) is 37.0 Å². The van der Waals surface area contributed by atoms with Crippen molar-refractivity contribution in [2.45, 2.75) is 37.8 Å². The Morgan fingerprint density at radius 1 is 1.00 bits per heavy atom. The summed E-state index contributed by atoms with van der Waals surface area (Å²) in [6.45, 7) is 0. The summed E-state index contributed by atoms with van der Waals surface area (Å²) < 4.78 is 0. The molecule has 0 unspecified atom stereocenters. The molecule has 3 nitrogen and oxygen atoms in total. The van der Waals surface area contributed by atoms with Crippen molar-refractivity contribution in [2.75, 3.05) is 0 Å². The van der Waals surface area contributed by atoms with Gasteiger partial charge in [0.15, 0.2) is 5.11 Å². The summed E-state index contributed by atoms with van der Waals surface area (Å²) in [5, 5.41) is 7.88. The van der Waals surface area contributed by atoms with Gasteiger partial charge < -0.3 is 10.6 Å². The highest BCUT2D eigenvalue weighted by Gasteiger charge is 2.39. The Hall–Kier alpha value is -1.94. The maximum absolute atomic E-state index is 5.64. The fourth-order valence-corrected chi connectivity index (χ4v) is 4.59. The SMILES string of the molecule is S=C(N[C@H](c1ccccc1)c1ccncc1)N[C@H]1C[C@H]2CC[C@H]1C2. The quantitative estimate of drug-likeness (QED) is 0.832. The van der Waals surface area contributed by atoms with Gasteiger partial charge in [-0.15, -0.1) is 0 Å². The van der Waals surface area contributed by atoms with Gasteiger partial charge in [-0.25, -0.2) is 0 Å². The minimum atomic E-state index is 0.0489. The van der Waals surface area contributed by atoms with E-state index in [-0.39, 0.29) is 6.04 Å². The minimum absolute atomic E-state index is 0.0489. The molecule has 2 aromatic rings. The fourth-order valence-electron chi connectivity index (χ4n) is 4.32. The molecule has 2 bridgehead atoms. The highest BCUT2D eigenvalue weighted by molar-refractivity contribution is 7.80. The van der Waals surface area contributed by atoms with E-state index in [0.29, 0.717) is 6.04 Å². The van der Waals surface area contributed by atoms with E-state index in [1.54, 1.807) is 0 Å². The molecular weight excluding hydrogens is 314 g/mol. The highest BCUT2D eigenvalue weighted by Crippen LogP contribution is 2.44. The Morgan fingerprint density at radius 2 is 1.75 bits per heavy atom. The summed E-state index contributed by atoms with van der Waals surface area (Å²) in [6.07, 6.45) is 9.09. The number of rotatable bonds is 4. The summed E-state index contributed by atoms with van der Waals surface area (Å²) in [7, 11) is 0. The van der Waals surface area contributed by atoms with Gasteiger partial charge in [0.2, 0.25) is 0 Å². The normalized spacial score (nSPS) is 26.1. The maximum Gasteiger partial charge on any atom is 0.167 e. The molecule has 0 saturated heterocycles. The van der Waals surface area contributed by atoms with Crippen LogP contribution in [0.3, 0.4) is 0 Å². The van der Waals surface area contributed by atoms with Crippen LogP contribution in [-0.2, 0) is 0 Å². The lowest BCUT2D eigenvalue weighted by Crippen LogP contribution is -2.45. The number of hydrogen-bond acceptors (Lipinski definition) is 2. The van der Waals surface area contributed by atoms with Crippen molar-refractivity contribution < 1.29 is 0 Å². The largest absolute Gasteiger partial charge is 0.360 e. The van der Waals surface area contributed by atoms with Crippen LogP contribution in [0.1, 0.15) is 42.9 Å². The number of pyridine rings is 1. The number of aromatic nitrogens is 1. The van der Waals surface area contributed by atoms with E-state index in [1.165, 1.54) is 36.8 Å². The molecule has 4 heteroatoms. The van der Waals surface area contributed by atoms with E-state index in [9.17, 15) is 0 Å². The van der Waals surface area contributed by atoms with Crippen LogP contribution in [0.2, 0.25) is 0 Å². The first-order valence-electron chi connectivity index (χ1n) is 8.81. The molecular formula is C20H23N3S. The Balaban J connectivity index is 1.48. The van der Waals surface area contributed by atoms with Gasteiger partial charge in [0.1, 0.15) is 0 Å². The van der Waals surface area contributed by atoms with Gasteiger partial charge >= 0.3 is 0 Å². The molecule has 4 rings (SSSR count). The summed E-state index contributed by atoms with van der Waals surface area (Å²) in [6, 6.07) is 15.1. The molecule has 2 fully saturated rings. The predicted octanol–water partition coefficient (Wildman–Crippen LogP) is 3.82. The Morgan fingerprint density at radius 3 is 2.42 bits per heavy atom. The number of fused-ring (bicyclic) bond motifs is 2. The van der Waals surface area contributed by atoms with Crippen molar-refractivity contribution in [3.63, 3.8) is 0 Å². The Labute approximate surface area is 148 Å². The van der Waals surface area contributed by atoms with Gasteiger partial charge in [0.05, 0.1) is 6.04 Å². The third-order valence-corrected chi connectivity index (χ3v) is 5.74. The third kappa shape index (κ3) is 3.29. The van der Waals surface area contributed by atoms with Crippen molar-refractivity contribution in [2.24, 2.45) is 11.8 Å². The zero-order chi connectivity index (χ0) is 16.4. The maximum atomic E-state index is 5.64. The van der Waals surface area contributed by atoms with Crippen LogP contribution in [0, 0.1) is 11.8 Å². The number of hydrogen-bond donors (Lipinski definition) is 2. The van der Waals surface area contributed by atoms with Gasteiger partial charge in [0.25, 0.3) is 0 Å². The molecule has 2 N–H and O–H groups in total. The van der Waals surface area contributed by atoms with Gasteiger partial charge in [-0.05, 0) is 66.6 Å². The van der Waals surface area contributed by atoms with Crippen LogP contribution in [0.5, 0.6) is 0 Å². The summed E-state index contributed by atoms with van der Waals surface area (Å²) in [4.78, 5) is 4.13. The van der Waals surface area contributed by atoms with Crippen LogP contribution in [0.4, 0.5) is 0 Å². The Kier molecular flexibility index (Phi) is 4.48. The van der Waals surface area contributed by atoms with Crippen LogP contribution in [0.15, 0.2) is 54.9 Å². The van der Waals surface area contributed by atoms with Crippen molar-refractivity contribution in [1.82, 2.24) is 15.6 Å². The zero-order valence-corrected chi connectivity index (χ0v) is 14.5. The Bertz CT molecular complexity index is 649. The zero-order valence-electron chi connectivity index (χ0n) is 13.7. The number of thiocarbonyl (C=S) groups is 1. The third-order valence-electron chi connectivity index (χ3n) is 5.50. The van der Waals surface area contributed by atoms with E-state index < -0.39 is 0 Å². The first-order valence-corrected chi connectivity index (χ1v) is 9.22. The van der Waals surface area contributed by atoms with Gasteiger partial charge in [0, 0.05) is 18.4 Å². The van der Waals surface area contributed by atoms with Crippen molar-refractivity contribution in [3.8, 4) is 0 Å². The molecule has 0 spiro atoms. The minimum Gasteiger partial charge on any atom is -0.360 e. The fraction of sp³-hybridized carbons (Fsp3) is 0.400. The van der Waals surface area contributed by atoms with Crippen molar-refractivity contribution in [3.05, 3.63) is 66.0 Å². The van der Waals surface area contributed by atoms with Crippen molar-refractivity contribution >= 4 is 17.3 Å². The van der Waals surface area contributed by atoms with Gasteiger partial charge in [-0.3, -0.25) is 4.98 Å². The van der Waals surface area contributed by atoms with E-state index in [2.05, 4.69) is 39.9 Å². The van der Waals surface area contributed by atoms with E-state index in [1.807, 2.05) is 30.6 Å². The monoisotopic (exact) mass is 337 g/mol. The van der Waals surface area contributed by atoms with Crippen molar-refractivity contribution in [1.29, 1.82) is 0 Å². The molecule has 0 amide bonds. The molecule has 24 heavy (non-hydrogen) atoms.